The Balaban J connectivity index is 1.26. The Morgan fingerprint density at radius 3 is 1.35 bits per heavy atom. The molecule has 8 rings (SSSR count). The van der Waals surface area contributed by atoms with Gasteiger partial charge in [0.2, 0.25) is 0 Å². The number of hydrogen-bond donors (Lipinski definition) is 2. The van der Waals surface area contributed by atoms with Crippen molar-refractivity contribution in [2.45, 2.75) is 117 Å². The van der Waals surface area contributed by atoms with Gasteiger partial charge in [-0.2, -0.15) is 0 Å². The molecule has 0 saturated carbocycles. The number of amidine groups is 2. The zero-order chi connectivity index (χ0) is 47.7. The second-order valence-electron chi connectivity index (χ2n) is 19.4. The highest BCUT2D eigenvalue weighted by Gasteiger charge is 2.45. The van der Waals surface area contributed by atoms with E-state index in [0.29, 0.717) is 24.3 Å². The molecule has 0 aliphatic carbocycles. The van der Waals surface area contributed by atoms with Crippen molar-refractivity contribution in [3.05, 3.63) is 105 Å². The zero-order valence-corrected chi connectivity index (χ0v) is 40.7. The number of hydrogen-bond acceptors (Lipinski definition) is 9. The van der Waals surface area contributed by atoms with E-state index in [0.717, 1.165) is 33.6 Å². The van der Waals surface area contributed by atoms with Crippen molar-refractivity contribution in [2.24, 2.45) is 0 Å². The van der Waals surface area contributed by atoms with Gasteiger partial charge in [0.25, 0.3) is 0 Å². The molecule has 4 atom stereocenters. The minimum atomic E-state index is -0.805. The monoisotopic (exact) mass is 905 g/mol. The minimum absolute atomic E-state index is 0.0248. The molecule has 0 saturated heterocycles. The van der Waals surface area contributed by atoms with E-state index in [1.807, 2.05) is 26.0 Å². The molecule has 0 fully saturated rings. The van der Waals surface area contributed by atoms with E-state index in [-0.39, 0.29) is 114 Å². The van der Waals surface area contributed by atoms with Crippen molar-refractivity contribution in [3.8, 4) is 23.0 Å². The number of fused-ring (bicyclic) bond motifs is 4. The molecular weight excluding hydrogens is 839 g/mol. The van der Waals surface area contributed by atoms with Crippen LogP contribution in [-0.4, -0.2) is 93.0 Å². The molecule has 2 N–H and O–H groups in total. The molecule has 4 heterocycles. The molecule has 4 aliphatic heterocycles. The number of benzene rings is 4. The van der Waals surface area contributed by atoms with Crippen LogP contribution in [0.2, 0.25) is 0 Å². The van der Waals surface area contributed by atoms with Crippen molar-refractivity contribution in [2.75, 3.05) is 63.4 Å². The van der Waals surface area contributed by atoms with E-state index >= 15 is 13.6 Å². The molecule has 0 bridgehead atoms. The van der Waals surface area contributed by atoms with Gasteiger partial charge in [0, 0.05) is 74.6 Å². The van der Waals surface area contributed by atoms with E-state index in [9.17, 15) is 10.8 Å². The Bertz CT molecular complexity index is 2440. The number of rotatable bonds is 16. The SMILES string of the molecule is CCOc1cc2c(c(F)c1OCC)C(=N)N(CC(C(=O)C(CN1Cc3cc(OCC)c(OCC)c(F)c3C1=N)c1ccc3c(c1)C(C)(C)C(C)N3C)c1ccc3c(c1)C(C)(C)C(C)N3C)C2. The summed E-state index contributed by atoms with van der Waals surface area (Å²) in [5.74, 6) is -2.58. The lowest BCUT2D eigenvalue weighted by Crippen LogP contribution is -2.39. The van der Waals surface area contributed by atoms with Gasteiger partial charge in [0.15, 0.2) is 40.4 Å². The summed E-state index contributed by atoms with van der Waals surface area (Å²) in [6.45, 7) is 22.1. The zero-order valence-electron chi connectivity index (χ0n) is 40.7. The smallest absolute Gasteiger partial charge is 0.197 e. The van der Waals surface area contributed by atoms with Crippen molar-refractivity contribution in [1.29, 1.82) is 10.8 Å². The van der Waals surface area contributed by atoms with Gasteiger partial charge >= 0.3 is 0 Å². The topological polar surface area (TPSA) is 115 Å². The molecule has 352 valence electrons. The normalized spacial score (nSPS) is 19.7. The Kier molecular flexibility index (Phi) is 12.3. The minimum Gasteiger partial charge on any atom is -0.490 e. The number of halogens is 2. The van der Waals surface area contributed by atoms with E-state index in [1.54, 1.807) is 35.8 Å². The summed E-state index contributed by atoms with van der Waals surface area (Å²) in [5, 5.41) is 18.9. The third-order valence-corrected chi connectivity index (χ3v) is 15.3. The maximum atomic E-state index is 16.5. The number of ketones is 1. The first-order valence-electron chi connectivity index (χ1n) is 23.5. The second kappa shape index (κ2) is 17.4. The van der Waals surface area contributed by atoms with Crippen LogP contribution < -0.4 is 28.7 Å². The van der Waals surface area contributed by atoms with Crippen LogP contribution in [-0.2, 0) is 28.7 Å². The highest BCUT2D eigenvalue weighted by molar-refractivity contribution is 6.03. The number of carbonyl (C=O) groups excluding carboxylic acids is 1. The molecule has 0 radical (unpaired) electrons. The molecule has 0 aromatic heterocycles. The van der Waals surface area contributed by atoms with E-state index in [1.165, 1.54) is 0 Å². The van der Waals surface area contributed by atoms with Crippen molar-refractivity contribution in [3.63, 3.8) is 0 Å². The van der Waals surface area contributed by atoms with Crippen LogP contribution in [0, 0.1) is 22.5 Å². The van der Waals surface area contributed by atoms with Gasteiger partial charge in [-0.1, -0.05) is 52.0 Å². The summed E-state index contributed by atoms with van der Waals surface area (Å²) >= 11 is 0. The fraction of sp³-hybridized carbons (Fsp3) is 0.491. The average Bonchev–Trinajstić information content (AvgIpc) is 3.89. The molecule has 11 nitrogen and oxygen atoms in total. The largest absolute Gasteiger partial charge is 0.490 e. The van der Waals surface area contributed by atoms with E-state index in [2.05, 4.69) is 89.7 Å². The number of ether oxygens (including phenoxy) is 4. The molecule has 4 unspecified atom stereocenters. The van der Waals surface area contributed by atoms with E-state index in [4.69, 9.17) is 18.9 Å². The fourth-order valence-corrected chi connectivity index (χ4v) is 10.8. The number of anilines is 2. The highest BCUT2D eigenvalue weighted by atomic mass is 19.1. The van der Waals surface area contributed by atoms with Crippen LogP contribution in [0.15, 0.2) is 48.5 Å². The van der Waals surface area contributed by atoms with Gasteiger partial charge in [-0.05, 0) is 99.2 Å². The van der Waals surface area contributed by atoms with Crippen LogP contribution in [0.1, 0.15) is 126 Å². The van der Waals surface area contributed by atoms with Gasteiger partial charge in [-0.3, -0.25) is 15.6 Å². The fourth-order valence-electron chi connectivity index (χ4n) is 10.8. The Labute approximate surface area is 389 Å². The molecule has 0 amide bonds. The predicted molar refractivity (Wildman–Crippen MR) is 257 cm³/mol. The molecule has 4 aromatic carbocycles. The Morgan fingerprint density at radius 2 is 1.00 bits per heavy atom. The molecule has 4 aromatic rings. The van der Waals surface area contributed by atoms with Crippen molar-refractivity contribution < 1.29 is 32.5 Å². The summed E-state index contributed by atoms with van der Waals surface area (Å²) in [4.78, 5) is 24.3. The van der Waals surface area contributed by atoms with Crippen molar-refractivity contribution >= 4 is 28.8 Å². The van der Waals surface area contributed by atoms with Crippen LogP contribution in [0.4, 0.5) is 20.2 Å². The summed E-state index contributed by atoms with van der Waals surface area (Å²) in [6, 6.07) is 16.4. The molecule has 66 heavy (non-hydrogen) atoms. The van der Waals surface area contributed by atoms with E-state index < -0.39 is 23.5 Å². The maximum absolute atomic E-state index is 16.5. The number of nitrogens with one attached hydrogen (secondary N) is 2. The summed E-state index contributed by atoms with van der Waals surface area (Å²) in [6.07, 6.45) is 0. The molecule has 4 aliphatic rings. The second-order valence-corrected chi connectivity index (χ2v) is 19.4. The average molecular weight is 905 g/mol. The summed E-state index contributed by atoms with van der Waals surface area (Å²) in [5.41, 5.74) is 6.96. The number of Topliss-reactive ketones (excluding diaryl/α,β-unsaturated/α-hetero) is 1. The summed E-state index contributed by atoms with van der Waals surface area (Å²) < 4.78 is 56.2. The Hall–Kier alpha value is -5.85. The predicted octanol–water partition coefficient (Wildman–Crippen LogP) is 9.91. The van der Waals surface area contributed by atoms with Gasteiger partial charge < -0.3 is 38.5 Å². The maximum Gasteiger partial charge on any atom is 0.197 e. The van der Waals surface area contributed by atoms with Gasteiger partial charge in [-0.15, -0.1) is 0 Å². The van der Waals surface area contributed by atoms with Crippen molar-refractivity contribution in [1.82, 2.24) is 9.80 Å². The third-order valence-electron chi connectivity index (χ3n) is 15.3. The van der Waals surface area contributed by atoms with Crippen LogP contribution in [0.3, 0.4) is 0 Å². The van der Waals surface area contributed by atoms with Gasteiger partial charge in [-0.25, -0.2) is 8.78 Å². The quantitative estimate of drug-likeness (QED) is 0.113. The first kappa shape index (κ1) is 46.7. The van der Waals surface area contributed by atoms with Gasteiger partial charge in [0.1, 0.15) is 11.7 Å². The molecular formula is C53H66F2N6O5. The lowest BCUT2D eigenvalue weighted by Gasteiger charge is -2.32. The third kappa shape index (κ3) is 7.41. The number of likely N-dealkylation sites (N-methyl/N-ethyl adjacent to an activating group) is 2. The first-order chi connectivity index (χ1) is 31.3. The lowest BCUT2D eigenvalue weighted by atomic mass is 9.76. The standard InChI is InChI=1S/C53H66F2N6O5/c1-13-63-41-23-33-25-60(50(56)43(33)45(54)48(41)65-15-3)27-35(31-17-19-39-37(21-31)52(7,8)29(5)58(39)11)47(62)36(32-18-20-40-38(22-32)53(9,10)30(6)59(40)12)28-61-26-34-24-42(64-14-2)49(66-16-4)46(55)44(34)51(61)57/h17-24,29-30,35-36,56-57H,13-16,25-28H2,1-12H3. The molecule has 13 heteroatoms. The number of carbonyl (C=O) groups is 1. The van der Waals surface area contributed by atoms with Gasteiger partial charge in [0.05, 0.1) is 49.4 Å². The highest BCUT2D eigenvalue weighted by Crippen LogP contribution is 2.49. The van der Waals surface area contributed by atoms with Crippen LogP contribution in [0.5, 0.6) is 23.0 Å². The summed E-state index contributed by atoms with van der Waals surface area (Å²) in [7, 11) is 4.18. The van der Waals surface area contributed by atoms with Crippen LogP contribution >= 0.6 is 0 Å². The Morgan fingerprint density at radius 1 is 0.636 bits per heavy atom. The lowest BCUT2D eigenvalue weighted by molar-refractivity contribution is -0.122. The first-order valence-corrected chi connectivity index (χ1v) is 23.5. The van der Waals surface area contributed by atoms with Crippen LogP contribution in [0.25, 0.3) is 0 Å². The number of nitrogens with zero attached hydrogens (tertiary/aromatic N) is 4. The molecule has 0 spiro atoms.